The van der Waals surface area contributed by atoms with Crippen molar-refractivity contribution in [2.75, 3.05) is 13.2 Å². The zero-order valence-corrected chi connectivity index (χ0v) is 22.3. The van der Waals surface area contributed by atoms with Crippen molar-refractivity contribution in [1.29, 1.82) is 0 Å². The van der Waals surface area contributed by atoms with Crippen LogP contribution in [0, 0.1) is 0 Å². The Morgan fingerprint density at radius 3 is 2.17 bits per heavy atom. The SMILES string of the molecule is NC(=O)CCC(NC(=O)C(Cc1c[nH]c2ccccc12)NC(=O)C(CO)NC(=O)C(N)CCCN=C(N)N)C(=O)O. The highest BCUT2D eigenvalue weighted by Crippen LogP contribution is 2.19. The third-order valence-corrected chi connectivity index (χ3v) is 6.15. The number of carbonyl (C=O) groups is 5. The summed E-state index contributed by atoms with van der Waals surface area (Å²) in [6, 6.07) is 1.94. The Hall–Kier alpha value is -4.70. The van der Waals surface area contributed by atoms with Crippen LogP contribution in [0.4, 0.5) is 0 Å². The van der Waals surface area contributed by atoms with Gasteiger partial charge in [-0.15, -0.1) is 0 Å². The quantitative estimate of drug-likeness (QED) is 0.0514. The van der Waals surface area contributed by atoms with Gasteiger partial charge in [0.25, 0.3) is 0 Å². The van der Waals surface area contributed by atoms with E-state index in [0.29, 0.717) is 12.0 Å². The summed E-state index contributed by atoms with van der Waals surface area (Å²) in [4.78, 5) is 68.5. The van der Waals surface area contributed by atoms with Gasteiger partial charge in [-0.05, 0) is 30.9 Å². The summed E-state index contributed by atoms with van der Waals surface area (Å²) in [7, 11) is 0. The third kappa shape index (κ3) is 10.4. The van der Waals surface area contributed by atoms with Gasteiger partial charge in [-0.3, -0.25) is 24.2 Å². The molecule has 0 aliphatic rings. The molecule has 2 aromatic rings. The third-order valence-electron chi connectivity index (χ3n) is 6.15. The molecule has 4 unspecified atom stereocenters. The molecule has 14 N–H and O–H groups in total. The number of amides is 4. The molecule has 1 aromatic heterocycles. The van der Waals surface area contributed by atoms with Crippen LogP contribution in [0.15, 0.2) is 35.5 Å². The maximum atomic E-state index is 13.2. The van der Waals surface area contributed by atoms with E-state index in [1.165, 1.54) is 0 Å². The summed E-state index contributed by atoms with van der Waals surface area (Å²) in [5, 5.41) is 27.2. The summed E-state index contributed by atoms with van der Waals surface area (Å²) in [6.07, 6.45) is 1.60. The number of primary amides is 1. The van der Waals surface area contributed by atoms with Crippen LogP contribution in [-0.2, 0) is 30.4 Å². The molecule has 0 radical (unpaired) electrons. The Balaban J connectivity index is 2.18. The van der Waals surface area contributed by atoms with Crippen molar-refractivity contribution >= 4 is 46.5 Å². The number of nitrogens with two attached hydrogens (primary N) is 4. The van der Waals surface area contributed by atoms with E-state index in [0.717, 1.165) is 10.9 Å². The van der Waals surface area contributed by atoms with E-state index in [4.69, 9.17) is 22.9 Å². The number of fused-ring (bicyclic) bond motifs is 1. The number of aliphatic hydroxyl groups excluding tert-OH is 1. The van der Waals surface area contributed by atoms with Gasteiger partial charge in [0.1, 0.15) is 18.1 Å². The van der Waals surface area contributed by atoms with E-state index in [9.17, 15) is 34.2 Å². The molecule has 4 atom stereocenters. The van der Waals surface area contributed by atoms with Crippen LogP contribution in [0.2, 0.25) is 0 Å². The number of rotatable bonds is 17. The molecule has 0 aliphatic heterocycles. The molecule has 0 saturated heterocycles. The van der Waals surface area contributed by atoms with Gasteiger partial charge in [0.05, 0.1) is 12.6 Å². The number of guanidine groups is 1. The molecule has 4 amide bonds. The van der Waals surface area contributed by atoms with Crippen LogP contribution in [0.5, 0.6) is 0 Å². The van der Waals surface area contributed by atoms with E-state index < -0.39 is 60.4 Å². The lowest BCUT2D eigenvalue weighted by Gasteiger charge is -2.24. The molecule has 1 heterocycles. The highest BCUT2D eigenvalue weighted by Gasteiger charge is 2.31. The number of carboxylic acid groups (broad SMARTS) is 1. The van der Waals surface area contributed by atoms with E-state index in [-0.39, 0.29) is 38.2 Å². The number of nitrogens with one attached hydrogen (secondary N) is 4. The maximum Gasteiger partial charge on any atom is 0.326 e. The Kier molecular flexibility index (Phi) is 12.5. The van der Waals surface area contributed by atoms with Crippen molar-refractivity contribution in [1.82, 2.24) is 20.9 Å². The van der Waals surface area contributed by atoms with Gasteiger partial charge in [0.15, 0.2) is 5.96 Å². The predicted octanol–water partition coefficient (Wildman–Crippen LogP) is -3.11. The Morgan fingerprint density at radius 2 is 1.54 bits per heavy atom. The Bertz CT molecular complexity index is 1260. The van der Waals surface area contributed by atoms with Crippen molar-refractivity contribution in [2.24, 2.45) is 27.9 Å². The van der Waals surface area contributed by atoms with Crippen LogP contribution in [0.25, 0.3) is 10.9 Å². The number of nitrogens with zero attached hydrogens (tertiary/aromatic N) is 1. The monoisotopic (exact) mass is 575 g/mol. The minimum atomic E-state index is -1.46. The fourth-order valence-electron chi connectivity index (χ4n) is 3.94. The molecule has 16 heteroatoms. The second-order valence-electron chi connectivity index (χ2n) is 9.33. The van der Waals surface area contributed by atoms with Crippen molar-refractivity contribution in [3.05, 3.63) is 36.0 Å². The van der Waals surface area contributed by atoms with Crippen molar-refractivity contribution in [2.45, 2.75) is 56.3 Å². The Morgan fingerprint density at radius 1 is 0.902 bits per heavy atom. The summed E-state index contributed by atoms with van der Waals surface area (Å²) >= 11 is 0. The Labute approximate surface area is 235 Å². The average Bonchev–Trinajstić information content (AvgIpc) is 3.33. The number of carboxylic acids is 1. The van der Waals surface area contributed by atoms with Crippen molar-refractivity contribution < 1.29 is 34.2 Å². The van der Waals surface area contributed by atoms with Gasteiger partial charge in [0.2, 0.25) is 23.6 Å². The van der Waals surface area contributed by atoms with Gasteiger partial charge in [-0.25, -0.2) is 4.79 Å². The van der Waals surface area contributed by atoms with Crippen molar-refractivity contribution in [3.8, 4) is 0 Å². The average molecular weight is 576 g/mol. The molecule has 0 bridgehead atoms. The number of benzene rings is 1. The van der Waals surface area contributed by atoms with Gasteiger partial charge >= 0.3 is 5.97 Å². The molecule has 2 rings (SSSR count). The standard InChI is InChI=1S/C25H37N9O7/c26-15(5-3-9-30-25(28)29)21(37)34-19(12-35)23(39)33-18(10-13-11-31-16-6-2-1-4-14(13)16)22(38)32-17(24(40)41)7-8-20(27)36/h1-2,4,6,11,15,17-19,31,35H,3,5,7-10,12,26H2,(H2,27,36)(H,32,38)(H,33,39)(H,34,37)(H,40,41)(H4,28,29,30). The number of hydrogen-bond donors (Lipinski definition) is 10. The first kappa shape index (κ1) is 32.5. The van der Waals surface area contributed by atoms with E-state index >= 15 is 0 Å². The lowest BCUT2D eigenvalue weighted by molar-refractivity contribution is -0.142. The summed E-state index contributed by atoms with van der Waals surface area (Å²) < 4.78 is 0. The molecule has 0 aliphatic carbocycles. The van der Waals surface area contributed by atoms with Crippen LogP contribution >= 0.6 is 0 Å². The molecule has 224 valence electrons. The number of hydrogen-bond acceptors (Lipinski definition) is 8. The summed E-state index contributed by atoms with van der Waals surface area (Å²) in [6.45, 7) is -0.565. The predicted molar refractivity (Wildman–Crippen MR) is 149 cm³/mol. The topological polar surface area (TPSA) is 294 Å². The number of aliphatic carboxylic acids is 1. The number of aromatic amines is 1. The van der Waals surface area contributed by atoms with E-state index in [1.54, 1.807) is 18.3 Å². The fraction of sp³-hybridized carbons (Fsp3) is 0.440. The summed E-state index contributed by atoms with van der Waals surface area (Å²) in [5.74, 6) is -4.73. The number of aliphatic hydroxyl groups is 1. The van der Waals surface area contributed by atoms with Crippen LogP contribution in [0.3, 0.4) is 0 Å². The normalized spacial score (nSPS) is 13.8. The fourth-order valence-corrected chi connectivity index (χ4v) is 3.94. The van der Waals surface area contributed by atoms with Gasteiger partial charge in [-0.2, -0.15) is 0 Å². The number of carbonyl (C=O) groups excluding carboxylic acids is 4. The van der Waals surface area contributed by atoms with Crippen LogP contribution < -0.4 is 38.9 Å². The zero-order valence-electron chi connectivity index (χ0n) is 22.3. The smallest absolute Gasteiger partial charge is 0.326 e. The minimum Gasteiger partial charge on any atom is -0.480 e. The van der Waals surface area contributed by atoms with Crippen molar-refractivity contribution in [3.63, 3.8) is 0 Å². The molecule has 0 fully saturated rings. The molecule has 41 heavy (non-hydrogen) atoms. The molecule has 0 saturated carbocycles. The lowest BCUT2D eigenvalue weighted by atomic mass is 10.0. The van der Waals surface area contributed by atoms with E-state index in [1.807, 2.05) is 12.1 Å². The molecular formula is C25H37N9O7. The molecule has 16 nitrogen and oxygen atoms in total. The second kappa shape index (κ2) is 15.8. The highest BCUT2D eigenvalue weighted by molar-refractivity contribution is 5.95. The first-order chi connectivity index (χ1) is 19.4. The second-order valence-corrected chi connectivity index (χ2v) is 9.33. The van der Waals surface area contributed by atoms with E-state index in [2.05, 4.69) is 25.9 Å². The number of para-hydroxylation sites is 1. The van der Waals surface area contributed by atoms with Gasteiger partial charge < -0.3 is 54.1 Å². The minimum absolute atomic E-state index is 0.0693. The number of H-pyrrole nitrogens is 1. The van der Waals surface area contributed by atoms with Crippen LogP contribution in [-0.4, -0.2) is 88.1 Å². The van der Waals surface area contributed by atoms with Gasteiger partial charge in [-0.1, -0.05) is 18.2 Å². The zero-order chi connectivity index (χ0) is 30.5. The lowest BCUT2D eigenvalue weighted by Crippen LogP contribution is -2.58. The first-order valence-electron chi connectivity index (χ1n) is 12.8. The van der Waals surface area contributed by atoms with Gasteiger partial charge in [0, 0.05) is 36.5 Å². The molecule has 1 aromatic carbocycles. The number of aliphatic imine (C=N–C) groups is 1. The number of aromatic nitrogens is 1. The highest BCUT2D eigenvalue weighted by atomic mass is 16.4. The molecule has 0 spiro atoms. The molecular weight excluding hydrogens is 538 g/mol. The first-order valence-corrected chi connectivity index (χ1v) is 12.8. The maximum absolute atomic E-state index is 13.2. The summed E-state index contributed by atoms with van der Waals surface area (Å²) in [5.41, 5.74) is 22.9. The van der Waals surface area contributed by atoms with Crippen LogP contribution in [0.1, 0.15) is 31.2 Å². The largest absolute Gasteiger partial charge is 0.480 e.